The SMILES string of the molecule is COc1ccc(-c2nc3cc(C)c(C)cc3c3cc(OC)ccc23)cc1. The summed E-state index contributed by atoms with van der Waals surface area (Å²) in [5.41, 5.74) is 5.55. The molecule has 26 heavy (non-hydrogen) atoms. The summed E-state index contributed by atoms with van der Waals surface area (Å²) in [7, 11) is 3.38. The number of hydrogen-bond donors (Lipinski definition) is 0. The first-order valence-corrected chi connectivity index (χ1v) is 8.64. The smallest absolute Gasteiger partial charge is 0.119 e. The average Bonchev–Trinajstić information content (AvgIpc) is 2.68. The van der Waals surface area contributed by atoms with E-state index in [0.717, 1.165) is 44.4 Å². The van der Waals surface area contributed by atoms with Crippen LogP contribution in [0, 0.1) is 13.8 Å². The lowest BCUT2D eigenvalue weighted by atomic mass is 9.97. The molecule has 0 radical (unpaired) electrons. The minimum atomic E-state index is 0.840. The Morgan fingerprint density at radius 3 is 2.00 bits per heavy atom. The first-order valence-electron chi connectivity index (χ1n) is 8.64. The lowest BCUT2D eigenvalue weighted by molar-refractivity contribution is 0.415. The van der Waals surface area contributed by atoms with Crippen LogP contribution in [-0.4, -0.2) is 19.2 Å². The van der Waals surface area contributed by atoms with Gasteiger partial charge >= 0.3 is 0 Å². The zero-order valence-corrected chi connectivity index (χ0v) is 15.5. The van der Waals surface area contributed by atoms with Crippen LogP contribution in [0.2, 0.25) is 0 Å². The summed E-state index contributed by atoms with van der Waals surface area (Å²) >= 11 is 0. The van der Waals surface area contributed by atoms with Gasteiger partial charge in [-0.25, -0.2) is 4.98 Å². The zero-order valence-electron chi connectivity index (χ0n) is 15.5. The van der Waals surface area contributed by atoms with E-state index in [-0.39, 0.29) is 0 Å². The number of pyridine rings is 1. The molecule has 0 fully saturated rings. The first-order chi connectivity index (χ1) is 12.6. The van der Waals surface area contributed by atoms with Crippen molar-refractivity contribution in [3.8, 4) is 22.8 Å². The minimum Gasteiger partial charge on any atom is -0.497 e. The summed E-state index contributed by atoms with van der Waals surface area (Å²) in [6, 6.07) is 18.6. The predicted molar refractivity (Wildman–Crippen MR) is 107 cm³/mol. The molecule has 1 heterocycles. The van der Waals surface area contributed by atoms with E-state index in [1.54, 1.807) is 14.2 Å². The van der Waals surface area contributed by atoms with E-state index in [4.69, 9.17) is 14.5 Å². The van der Waals surface area contributed by atoms with Crippen LogP contribution in [0.1, 0.15) is 11.1 Å². The molecular formula is C23H21NO2. The maximum Gasteiger partial charge on any atom is 0.119 e. The molecule has 0 aliphatic heterocycles. The Balaban J connectivity index is 2.08. The van der Waals surface area contributed by atoms with Gasteiger partial charge in [0.1, 0.15) is 11.5 Å². The van der Waals surface area contributed by atoms with Crippen molar-refractivity contribution in [3.63, 3.8) is 0 Å². The Hall–Kier alpha value is -3.07. The fourth-order valence-corrected chi connectivity index (χ4v) is 3.34. The second-order valence-electron chi connectivity index (χ2n) is 6.55. The Morgan fingerprint density at radius 1 is 0.654 bits per heavy atom. The van der Waals surface area contributed by atoms with Gasteiger partial charge in [0.25, 0.3) is 0 Å². The van der Waals surface area contributed by atoms with Crippen LogP contribution in [0.3, 0.4) is 0 Å². The van der Waals surface area contributed by atoms with E-state index in [0.29, 0.717) is 0 Å². The molecular weight excluding hydrogens is 322 g/mol. The monoisotopic (exact) mass is 343 g/mol. The zero-order chi connectivity index (χ0) is 18.3. The van der Waals surface area contributed by atoms with E-state index in [1.165, 1.54) is 11.1 Å². The summed E-state index contributed by atoms with van der Waals surface area (Å²) in [6.07, 6.45) is 0. The van der Waals surface area contributed by atoms with E-state index < -0.39 is 0 Å². The lowest BCUT2D eigenvalue weighted by Gasteiger charge is -2.13. The number of rotatable bonds is 3. The standard InChI is InChI=1S/C23H21NO2/c1-14-11-21-20-13-18(26-4)9-10-19(20)23(24-22(21)12-15(14)2)16-5-7-17(25-3)8-6-16/h5-13H,1-4H3. The third-order valence-corrected chi connectivity index (χ3v) is 4.98. The minimum absolute atomic E-state index is 0.840. The molecule has 0 atom stereocenters. The third kappa shape index (κ3) is 2.66. The molecule has 3 nitrogen and oxygen atoms in total. The van der Waals surface area contributed by atoms with Crippen LogP contribution in [0.15, 0.2) is 54.6 Å². The summed E-state index contributed by atoms with van der Waals surface area (Å²) in [4.78, 5) is 5.00. The van der Waals surface area contributed by atoms with Gasteiger partial charge in [-0.1, -0.05) is 0 Å². The number of aryl methyl sites for hydroxylation is 2. The van der Waals surface area contributed by atoms with Crippen LogP contribution in [0.25, 0.3) is 32.9 Å². The second kappa shape index (κ2) is 6.34. The normalized spacial score (nSPS) is 11.1. The molecule has 0 saturated heterocycles. The molecule has 1 aromatic heterocycles. The van der Waals surface area contributed by atoms with Crippen molar-refractivity contribution in [1.82, 2.24) is 4.98 Å². The van der Waals surface area contributed by atoms with Crippen LogP contribution in [0.5, 0.6) is 11.5 Å². The number of nitrogens with zero attached hydrogens (tertiary/aromatic N) is 1. The van der Waals surface area contributed by atoms with Gasteiger partial charge in [-0.3, -0.25) is 0 Å². The number of aromatic nitrogens is 1. The summed E-state index contributed by atoms with van der Waals surface area (Å²) < 4.78 is 10.7. The molecule has 0 unspecified atom stereocenters. The third-order valence-electron chi connectivity index (χ3n) is 4.98. The van der Waals surface area contributed by atoms with Crippen molar-refractivity contribution < 1.29 is 9.47 Å². The number of fused-ring (bicyclic) bond motifs is 3. The fourth-order valence-electron chi connectivity index (χ4n) is 3.34. The van der Waals surface area contributed by atoms with Crippen LogP contribution in [-0.2, 0) is 0 Å². The lowest BCUT2D eigenvalue weighted by Crippen LogP contribution is -1.93. The molecule has 3 aromatic carbocycles. The molecule has 0 spiro atoms. The van der Waals surface area contributed by atoms with Crippen LogP contribution < -0.4 is 9.47 Å². The van der Waals surface area contributed by atoms with E-state index >= 15 is 0 Å². The van der Waals surface area contributed by atoms with Gasteiger partial charge in [-0.05, 0) is 85.0 Å². The Bertz CT molecular complexity index is 1110. The van der Waals surface area contributed by atoms with Gasteiger partial charge in [0, 0.05) is 16.3 Å². The largest absolute Gasteiger partial charge is 0.497 e. The highest BCUT2D eigenvalue weighted by Crippen LogP contribution is 2.35. The molecule has 0 bridgehead atoms. The van der Waals surface area contributed by atoms with Crippen molar-refractivity contribution in [2.24, 2.45) is 0 Å². The van der Waals surface area contributed by atoms with Crippen molar-refractivity contribution in [1.29, 1.82) is 0 Å². The quantitative estimate of drug-likeness (QED) is 0.448. The number of ether oxygens (including phenoxy) is 2. The topological polar surface area (TPSA) is 31.4 Å². The summed E-state index contributed by atoms with van der Waals surface area (Å²) in [6.45, 7) is 4.26. The number of hydrogen-bond acceptors (Lipinski definition) is 3. The molecule has 3 heteroatoms. The molecule has 0 aliphatic carbocycles. The number of methoxy groups -OCH3 is 2. The second-order valence-corrected chi connectivity index (χ2v) is 6.55. The molecule has 0 aliphatic rings. The highest BCUT2D eigenvalue weighted by Gasteiger charge is 2.12. The summed E-state index contributed by atoms with van der Waals surface area (Å²) in [5, 5.41) is 3.43. The average molecular weight is 343 g/mol. The van der Waals surface area contributed by atoms with Gasteiger partial charge < -0.3 is 9.47 Å². The van der Waals surface area contributed by atoms with E-state index in [9.17, 15) is 0 Å². The predicted octanol–water partition coefficient (Wildman–Crippen LogP) is 5.69. The number of benzene rings is 3. The highest BCUT2D eigenvalue weighted by atomic mass is 16.5. The van der Waals surface area contributed by atoms with Crippen molar-refractivity contribution >= 4 is 21.7 Å². The molecule has 4 aromatic rings. The maximum absolute atomic E-state index is 5.46. The Kier molecular flexibility index (Phi) is 4.00. The van der Waals surface area contributed by atoms with E-state index in [2.05, 4.69) is 50.2 Å². The molecule has 0 saturated carbocycles. The van der Waals surface area contributed by atoms with Crippen LogP contribution >= 0.6 is 0 Å². The van der Waals surface area contributed by atoms with Gasteiger partial charge in [0.2, 0.25) is 0 Å². The van der Waals surface area contributed by atoms with Crippen molar-refractivity contribution in [2.45, 2.75) is 13.8 Å². The first kappa shape index (κ1) is 16.4. The Labute approximate surface area is 153 Å². The Morgan fingerprint density at radius 2 is 1.31 bits per heavy atom. The van der Waals surface area contributed by atoms with Gasteiger partial charge in [-0.2, -0.15) is 0 Å². The van der Waals surface area contributed by atoms with Crippen molar-refractivity contribution in [3.05, 3.63) is 65.7 Å². The van der Waals surface area contributed by atoms with Gasteiger partial charge in [-0.15, -0.1) is 0 Å². The van der Waals surface area contributed by atoms with E-state index in [1.807, 2.05) is 18.2 Å². The summed E-state index contributed by atoms with van der Waals surface area (Å²) in [5.74, 6) is 1.69. The van der Waals surface area contributed by atoms with Gasteiger partial charge in [0.15, 0.2) is 0 Å². The van der Waals surface area contributed by atoms with Crippen LogP contribution in [0.4, 0.5) is 0 Å². The molecule has 4 rings (SSSR count). The van der Waals surface area contributed by atoms with Gasteiger partial charge in [0.05, 0.1) is 25.4 Å². The molecule has 130 valence electrons. The van der Waals surface area contributed by atoms with Crippen molar-refractivity contribution in [2.75, 3.05) is 14.2 Å². The maximum atomic E-state index is 5.46. The highest BCUT2D eigenvalue weighted by molar-refractivity contribution is 6.11. The molecule has 0 amide bonds. The molecule has 0 N–H and O–H groups in total. The fraction of sp³-hybridized carbons (Fsp3) is 0.174.